The van der Waals surface area contributed by atoms with Crippen LogP contribution in [0.2, 0.25) is 0 Å². The van der Waals surface area contributed by atoms with Crippen molar-refractivity contribution in [1.82, 2.24) is 24.7 Å². The van der Waals surface area contributed by atoms with Gasteiger partial charge < -0.3 is 29.8 Å². The quantitative estimate of drug-likeness (QED) is 0.0936. The fraction of sp³-hybridized carbons (Fsp3) is 0.440. The van der Waals surface area contributed by atoms with E-state index in [0.717, 1.165) is 61.8 Å². The van der Waals surface area contributed by atoms with Crippen LogP contribution >= 0.6 is 0 Å². The molecule has 65 heavy (non-hydrogen) atoms. The summed E-state index contributed by atoms with van der Waals surface area (Å²) in [6, 6.07) is 24.0. The molecular weight excluding hydrogens is 845 g/mol. The van der Waals surface area contributed by atoms with Gasteiger partial charge in [0.1, 0.15) is 17.1 Å². The second-order valence-corrected chi connectivity index (χ2v) is 20.5. The maximum absolute atomic E-state index is 13.7. The lowest BCUT2D eigenvalue weighted by molar-refractivity contribution is -0.116. The van der Waals surface area contributed by atoms with Crippen molar-refractivity contribution in [2.24, 2.45) is 0 Å². The molecule has 2 saturated carbocycles. The highest BCUT2D eigenvalue weighted by molar-refractivity contribution is 7.91. The fourth-order valence-corrected chi connectivity index (χ4v) is 10.5. The predicted molar refractivity (Wildman–Crippen MR) is 249 cm³/mol. The van der Waals surface area contributed by atoms with Gasteiger partial charge >= 0.3 is 6.09 Å². The van der Waals surface area contributed by atoms with Crippen LogP contribution in [0.1, 0.15) is 88.8 Å². The summed E-state index contributed by atoms with van der Waals surface area (Å²) < 4.78 is 39.0. The van der Waals surface area contributed by atoms with E-state index in [1.807, 2.05) is 18.2 Å². The molecule has 0 atom stereocenters. The summed E-state index contributed by atoms with van der Waals surface area (Å²) >= 11 is 0. The average molecular weight is 905 g/mol. The number of nitrogens with one attached hydrogen (secondary N) is 2. The van der Waals surface area contributed by atoms with Crippen LogP contribution in [0.3, 0.4) is 0 Å². The Hall–Kier alpha value is -5.77. The minimum absolute atomic E-state index is 0.0124. The summed E-state index contributed by atoms with van der Waals surface area (Å²) in [5.41, 5.74) is 2.53. The Morgan fingerprint density at radius 1 is 0.938 bits per heavy atom. The molecule has 1 saturated heterocycles. The SMILES string of the molecule is CC(C)(C)OC(=O)N(CCc1ccc(O)c2[nH]c(=O)ccc12)Cc1ccc(NC(=O)CCOc2cccc(S(=O)(=O)c3ccc(C4(N5CCN(C6CCCCC6)CC5)CC4)cn3)c2)cc1. The molecule has 2 amide bonds. The van der Waals surface area contributed by atoms with E-state index in [9.17, 15) is 27.9 Å². The molecule has 0 bridgehead atoms. The van der Waals surface area contributed by atoms with Crippen LogP contribution in [0.25, 0.3) is 10.9 Å². The summed E-state index contributed by atoms with van der Waals surface area (Å²) in [4.78, 5) is 52.2. The molecule has 0 unspecified atom stereocenters. The zero-order chi connectivity index (χ0) is 45.8. The Morgan fingerprint density at radius 2 is 1.69 bits per heavy atom. The summed E-state index contributed by atoms with van der Waals surface area (Å²) in [6.07, 6.45) is 10.5. The molecule has 3 aromatic carbocycles. The third kappa shape index (κ3) is 11.0. The Balaban J connectivity index is 0.824. The van der Waals surface area contributed by atoms with Gasteiger partial charge in [-0.25, -0.2) is 18.2 Å². The van der Waals surface area contributed by atoms with Crippen molar-refractivity contribution in [3.8, 4) is 11.5 Å². The summed E-state index contributed by atoms with van der Waals surface area (Å²) in [5, 5.41) is 13.8. The molecule has 14 nitrogen and oxygen atoms in total. The van der Waals surface area contributed by atoms with Gasteiger partial charge in [0.2, 0.25) is 21.3 Å². The number of ether oxygens (including phenoxy) is 2. The van der Waals surface area contributed by atoms with Gasteiger partial charge in [-0.2, -0.15) is 0 Å². The maximum Gasteiger partial charge on any atom is 0.410 e. The van der Waals surface area contributed by atoms with Crippen LogP contribution < -0.4 is 15.6 Å². The molecule has 3 aliphatic rings. The number of phenols is 1. The van der Waals surface area contributed by atoms with E-state index in [1.165, 1.54) is 56.4 Å². The van der Waals surface area contributed by atoms with E-state index >= 15 is 0 Å². The number of carbonyl (C=O) groups is 2. The molecule has 2 aliphatic carbocycles. The third-order valence-electron chi connectivity index (χ3n) is 12.9. The molecule has 15 heteroatoms. The van der Waals surface area contributed by atoms with E-state index < -0.39 is 21.5 Å². The number of amides is 2. The number of nitrogens with zero attached hydrogens (tertiary/aromatic N) is 4. The minimum atomic E-state index is -3.92. The van der Waals surface area contributed by atoms with Gasteiger partial charge in [-0.3, -0.25) is 19.4 Å². The average Bonchev–Trinajstić information content (AvgIpc) is 4.11. The lowest BCUT2D eigenvalue weighted by Gasteiger charge is -2.43. The molecule has 0 spiro atoms. The number of aromatic hydroxyl groups is 1. The van der Waals surface area contributed by atoms with E-state index in [1.54, 1.807) is 74.3 Å². The molecule has 0 radical (unpaired) electrons. The first-order valence-corrected chi connectivity index (χ1v) is 24.3. The normalized spacial score (nSPS) is 17.1. The number of anilines is 1. The molecule has 1 aliphatic heterocycles. The van der Waals surface area contributed by atoms with Crippen LogP contribution in [0.5, 0.6) is 11.5 Å². The summed E-state index contributed by atoms with van der Waals surface area (Å²) in [6.45, 7) is 10.2. The Labute approximate surface area is 380 Å². The van der Waals surface area contributed by atoms with Gasteiger partial charge in [0.05, 0.1) is 23.4 Å². The van der Waals surface area contributed by atoms with Crippen LogP contribution in [0, 0.1) is 0 Å². The van der Waals surface area contributed by atoms with Crippen molar-refractivity contribution in [2.75, 3.05) is 44.6 Å². The Morgan fingerprint density at radius 3 is 2.38 bits per heavy atom. The number of rotatable bonds is 15. The fourth-order valence-electron chi connectivity index (χ4n) is 9.26. The van der Waals surface area contributed by atoms with Gasteiger partial charge in [-0.1, -0.05) is 49.6 Å². The number of aromatic amines is 1. The highest BCUT2D eigenvalue weighted by Crippen LogP contribution is 2.51. The van der Waals surface area contributed by atoms with Crippen molar-refractivity contribution < 1.29 is 32.6 Å². The molecule has 344 valence electrons. The first-order chi connectivity index (χ1) is 31.2. The Kier molecular flexibility index (Phi) is 13.6. The van der Waals surface area contributed by atoms with Gasteiger partial charge in [0, 0.05) is 74.2 Å². The first kappa shape index (κ1) is 45.8. The Bertz CT molecular complexity index is 2650. The number of hydrogen-bond acceptors (Lipinski definition) is 11. The second kappa shape index (κ2) is 19.4. The van der Waals surface area contributed by atoms with Crippen LogP contribution in [-0.2, 0) is 37.9 Å². The van der Waals surface area contributed by atoms with Crippen molar-refractivity contribution in [3.05, 3.63) is 118 Å². The number of H-pyrrole nitrogens is 1. The highest BCUT2D eigenvalue weighted by atomic mass is 32.2. The van der Waals surface area contributed by atoms with Gasteiger partial charge in [0.25, 0.3) is 0 Å². The van der Waals surface area contributed by atoms with Crippen molar-refractivity contribution in [3.63, 3.8) is 0 Å². The molecule has 2 aromatic heterocycles. The highest BCUT2D eigenvalue weighted by Gasteiger charge is 2.50. The lowest BCUT2D eigenvalue weighted by atomic mass is 9.93. The number of piperazine rings is 1. The first-order valence-electron chi connectivity index (χ1n) is 22.8. The zero-order valence-corrected chi connectivity index (χ0v) is 38.4. The largest absolute Gasteiger partial charge is 0.506 e. The third-order valence-corrected chi connectivity index (χ3v) is 14.5. The number of benzene rings is 3. The predicted octanol–water partition coefficient (Wildman–Crippen LogP) is 7.79. The van der Waals surface area contributed by atoms with E-state index in [-0.39, 0.29) is 52.2 Å². The van der Waals surface area contributed by atoms with E-state index in [0.29, 0.717) is 35.3 Å². The van der Waals surface area contributed by atoms with Gasteiger partial charge in [0.15, 0.2) is 5.03 Å². The molecule has 3 fully saturated rings. The van der Waals surface area contributed by atoms with Crippen molar-refractivity contribution >= 4 is 38.4 Å². The van der Waals surface area contributed by atoms with Crippen molar-refractivity contribution in [2.45, 2.75) is 112 Å². The number of hydrogen-bond donors (Lipinski definition) is 3. The van der Waals surface area contributed by atoms with E-state index in [4.69, 9.17) is 9.47 Å². The standard InChI is InChI=1S/C50H60N6O8S/c1-49(2,3)64-48(60)55(26-22-36-14-19-43(57)47-42(36)18-20-44(58)53-47)34-35-12-16-38(17-13-35)52-45(59)23-31-63-40-10-7-11-41(32-40)65(61,62)46-21-15-37(33-51-46)50(24-25-50)56-29-27-54(28-30-56)39-8-5-4-6-9-39/h7,10-21,32-33,39,57H,4-6,8-9,22-31,34H2,1-3H3,(H,52,59)(H,53,58). The minimum Gasteiger partial charge on any atom is -0.506 e. The zero-order valence-electron chi connectivity index (χ0n) is 37.6. The molecule has 3 N–H and O–H groups in total. The molecule has 3 heterocycles. The van der Waals surface area contributed by atoms with E-state index in [2.05, 4.69) is 25.1 Å². The monoisotopic (exact) mass is 904 g/mol. The molecular formula is C50H60N6O8S. The number of carbonyl (C=O) groups excluding carboxylic acids is 2. The van der Waals surface area contributed by atoms with Crippen LogP contribution in [0.4, 0.5) is 10.5 Å². The smallest absolute Gasteiger partial charge is 0.410 e. The van der Waals surface area contributed by atoms with Crippen LogP contribution in [-0.4, -0.2) is 101 Å². The summed E-state index contributed by atoms with van der Waals surface area (Å²) in [5.74, 6) is 0.00317. The molecule has 8 rings (SSSR count). The topological polar surface area (TPSA) is 174 Å². The van der Waals surface area contributed by atoms with Crippen molar-refractivity contribution in [1.29, 1.82) is 0 Å². The van der Waals surface area contributed by atoms with Gasteiger partial charge in [-0.05, 0) is 118 Å². The number of sulfone groups is 1. The number of aromatic nitrogens is 2. The number of phenolic OH excluding ortho intramolecular Hbond substituents is 1. The summed E-state index contributed by atoms with van der Waals surface area (Å²) in [7, 11) is -3.92. The molecule has 5 aromatic rings. The number of fused-ring (bicyclic) bond motifs is 1. The van der Waals surface area contributed by atoms with Gasteiger partial charge in [-0.15, -0.1) is 0 Å². The number of pyridine rings is 2. The van der Waals surface area contributed by atoms with Crippen LogP contribution in [0.15, 0.2) is 106 Å². The second-order valence-electron chi connectivity index (χ2n) is 18.6. The maximum atomic E-state index is 13.7. The lowest BCUT2D eigenvalue weighted by Crippen LogP contribution is -2.53.